The number of para-hydroxylation sites is 1. The van der Waals surface area contributed by atoms with E-state index in [9.17, 15) is 0 Å². The molecule has 0 amide bonds. The number of anilines is 2. The first-order valence-electron chi connectivity index (χ1n) is 12.5. The van der Waals surface area contributed by atoms with Crippen LogP contribution in [0.3, 0.4) is 0 Å². The molecule has 1 saturated heterocycles. The number of piperidine rings is 1. The van der Waals surface area contributed by atoms with Gasteiger partial charge < -0.3 is 20.7 Å². The number of likely N-dealkylation sites (tertiary alicyclic amines) is 1. The molecule has 5 rings (SSSR count). The van der Waals surface area contributed by atoms with Crippen LogP contribution in [0.2, 0.25) is 0 Å². The number of nitrogens with one attached hydrogen (secondary N) is 1. The van der Waals surface area contributed by atoms with Gasteiger partial charge in [0.15, 0.2) is 0 Å². The minimum atomic E-state index is 0.380. The molecule has 6 nitrogen and oxygen atoms in total. The monoisotopic (exact) mass is 477 g/mol. The van der Waals surface area contributed by atoms with E-state index in [2.05, 4.69) is 44.2 Å². The van der Waals surface area contributed by atoms with Gasteiger partial charge in [-0.2, -0.15) is 0 Å². The van der Waals surface area contributed by atoms with Crippen LogP contribution in [0.15, 0.2) is 73.1 Å². The minimum Gasteiger partial charge on any atom is -0.457 e. The Bertz CT molecular complexity index is 1390. The van der Waals surface area contributed by atoms with Crippen LogP contribution in [0.25, 0.3) is 10.9 Å². The van der Waals surface area contributed by atoms with E-state index >= 15 is 0 Å². The summed E-state index contributed by atoms with van der Waals surface area (Å²) in [6, 6.07) is 22.0. The van der Waals surface area contributed by atoms with Gasteiger partial charge in [0.1, 0.15) is 23.6 Å². The van der Waals surface area contributed by atoms with E-state index in [1.54, 1.807) is 6.33 Å². The van der Waals surface area contributed by atoms with Crippen molar-refractivity contribution in [2.45, 2.75) is 19.8 Å². The summed E-state index contributed by atoms with van der Waals surface area (Å²) in [5.41, 5.74) is 9.56. The number of nitrogens with two attached hydrogens (primary N) is 1. The molecule has 6 heteroatoms. The molecule has 3 aromatic carbocycles. The molecule has 3 N–H and O–H groups in total. The Kier molecular flexibility index (Phi) is 7.41. The van der Waals surface area contributed by atoms with Crippen molar-refractivity contribution < 1.29 is 4.74 Å². The first-order chi connectivity index (χ1) is 17.7. The van der Waals surface area contributed by atoms with Gasteiger partial charge in [-0.1, -0.05) is 30.0 Å². The van der Waals surface area contributed by atoms with Gasteiger partial charge >= 0.3 is 0 Å². The van der Waals surface area contributed by atoms with Crippen molar-refractivity contribution in [3.05, 3.63) is 84.2 Å². The molecule has 0 bridgehead atoms. The quantitative estimate of drug-likeness (QED) is 0.357. The Morgan fingerprint density at radius 3 is 2.81 bits per heavy atom. The predicted molar refractivity (Wildman–Crippen MR) is 146 cm³/mol. The topological polar surface area (TPSA) is 76.3 Å². The number of hydrogen-bond acceptors (Lipinski definition) is 6. The second kappa shape index (κ2) is 11.2. The van der Waals surface area contributed by atoms with Crippen LogP contribution in [-0.4, -0.2) is 41.0 Å². The van der Waals surface area contributed by atoms with Gasteiger partial charge in [0, 0.05) is 42.2 Å². The third-order valence-electron chi connectivity index (χ3n) is 6.42. The van der Waals surface area contributed by atoms with E-state index in [1.807, 2.05) is 61.5 Å². The van der Waals surface area contributed by atoms with Crippen molar-refractivity contribution in [3.8, 4) is 23.3 Å². The lowest BCUT2D eigenvalue weighted by Gasteiger charge is -2.29. The molecule has 182 valence electrons. The molecule has 1 atom stereocenters. The summed E-state index contributed by atoms with van der Waals surface area (Å²) in [6.45, 7) is 5.80. The van der Waals surface area contributed by atoms with Crippen molar-refractivity contribution >= 4 is 22.4 Å². The maximum absolute atomic E-state index is 6.02. The Morgan fingerprint density at radius 1 is 1.08 bits per heavy atom. The average molecular weight is 478 g/mol. The summed E-state index contributed by atoms with van der Waals surface area (Å²) >= 11 is 0. The zero-order chi connectivity index (χ0) is 24.7. The van der Waals surface area contributed by atoms with Gasteiger partial charge in [0.05, 0.1) is 5.52 Å². The minimum absolute atomic E-state index is 0.380. The number of ether oxygens (including phenoxy) is 1. The van der Waals surface area contributed by atoms with Crippen molar-refractivity contribution in [2.75, 3.05) is 31.5 Å². The lowest BCUT2D eigenvalue weighted by atomic mass is 9.98. The van der Waals surface area contributed by atoms with Crippen molar-refractivity contribution in [3.63, 3.8) is 0 Å². The zero-order valence-corrected chi connectivity index (χ0v) is 20.6. The fraction of sp³-hybridized carbons (Fsp3) is 0.267. The number of aromatic nitrogens is 2. The number of nitrogens with zero attached hydrogens (tertiary/aromatic N) is 3. The Labute approximate surface area is 212 Å². The molecule has 1 fully saturated rings. The molecule has 2 heterocycles. The molecule has 36 heavy (non-hydrogen) atoms. The molecule has 0 saturated carbocycles. The van der Waals surface area contributed by atoms with E-state index in [4.69, 9.17) is 10.5 Å². The third-order valence-corrected chi connectivity index (χ3v) is 6.42. The first kappa shape index (κ1) is 23.8. The largest absolute Gasteiger partial charge is 0.457 e. The SMILES string of the molecule is Cc1cc(Nc2ncnc3ccc(C#CC4CCCN(CCN)C4)cc23)ccc1Oc1ccccc1. The van der Waals surface area contributed by atoms with Gasteiger partial charge in [-0.05, 0) is 80.4 Å². The van der Waals surface area contributed by atoms with Crippen LogP contribution in [0, 0.1) is 24.7 Å². The van der Waals surface area contributed by atoms with Crippen molar-refractivity contribution in [1.29, 1.82) is 0 Å². The highest BCUT2D eigenvalue weighted by atomic mass is 16.5. The van der Waals surface area contributed by atoms with Crippen LogP contribution >= 0.6 is 0 Å². The Balaban J connectivity index is 1.34. The highest BCUT2D eigenvalue weighted by Crippen LogP contribution is 2.30. The fourth-order valence-electron chi connectivity index (χ4n) is 4.57. The molecule has 1 aliphatic rings. The number of rotatable bonds is 6. The number of aryl methyl sites for hydroxylation is 1. The zero-order valence-electron chi connectivity index (χ0n) is 20.6. The maximum atomic E-state index is 6.02. The molecule has 1 aromatic heterocycles. The summed E-state index contributed by atoms with van der Waals surface area (Å²) < 4.78 is 6.02. The molecule has 4 aromatic rings. The van der Waals surface area contributed by atoms with Crippen LogP contribution in [-0.2, 0) is 0 Å². The second-order valence-electron chi connectivity index (χ2n) is 9.17. The molecular formula is C30H31N5O. The van der Waals surface area contributed by atoms with Crippen LogP contribution in [0.5, 0.6) is 11.5 Å². The molecule has 1 unspecified atom stereocenters. The van der Waals surface area contributed by atoms with E-state index in [0.29, 0.717) is 12.5 Å². The van der Waals surface area contributed by atoms with Gasteiger partial charge in [-0.25, -0.2) is 9.97 Å². The number of fused-ring (bicyclic) bond motifs is 1. The fourth-order valence-corrected chi connectivity index (χ4v) is 4.57. The van der Waals surface area contributed by atoms with Gasteiger partial charge in [-0.15, -0.1) is 0 Å². The maximum Gasteiger partial charge on any atom is 0.141 e. The first-order valence-corrected chi connectivity index (χ1v) is 12.5. The van der Waals surface area contributed by atoms with Gasteiger partial charge in [0.2, 0.25) is 0 Å². The van der Waals surface area contributed by atoms with Gasteiger partial charge in [0.25, 0.3) is 0 Å². The van der Waals surface area contributed by atoms with E-state index < -0.39 is 0 Å². The second-order valence-corrected chi connectivity index (χ2v) is 9.17. The summed E-state index contributed by atoms with van der Waals surface area (Å²) in [6.07, 6.45) is 3.90. The van der Waals surface area contributed by atoms with Gasteiger partial charge in [-0.3, -0.25) is 0 Å². The van der Waals surface area contributed by atoms with Crippen LogP contribution in [0.4, 0.5) is 11.5 Å². The summed E-state index contributed by atoms with van der Waals surface area (Å²) in [4.78, 5) is 11.4. The molecule has 0 spiro atoms. The highest BCUT2D eigenvalue weighted by Gasteiger charge is 2.17. The highest BCUT2D eigenvalue weighted by molar-refractivity contribution is 5.91. The van der Waals surface area contributed by atoms with E-state index in [-0.39, 0.29) is 0 Å². The van der Waals surface area contributed by atoms with E-state index in [0.717, 1.165) is 71.1 Å². The lowest BCUT2D eigenvalue weighted by Crippen LogP contribution is -2.38. The van der Waals surface area contributed by atoms with Crippen LogP contribution < -0.4 is 15.8 Å². The number of benzene rings is 3. The summed E-state index contributed by atoms with van der Waals surface area (Å²) in [5.74, 6) is 9.65. The summed E-state index contributed by atoms with van der Waals surface area (Å²) in [5, 5.41) is 4.40. The Hall–Kier alpha value is -3.92. The molecule has 0 aliphatic carbocycles. The molecule has 0 radical (unpaired) electrons. The normalized spacial score (nSPS) is 15.8. The van der Waals surface area contributed by atoms with Crippen molar-refractivity contribution in [2.24, 2.45) is 11.7 Å². The standard InChI is InChI=1S/C30H31N5O/c1-22-18-25(12-14-29(22)36-26-7-3-2-4-8-26)34-30-27-19-23(11-13-28(27)32-21-33-30)9-10-24-6-5-16-35(20-24)17-15-31/h2-4,7-8,11-14,18-19,21,24H,5-6,15-17,20,31H2,1H3,(H,32,33,34). The lowest BCUT2D eigenvalue weighted by molar-refractivity contribution is 0.206. The Morgan fingerprint density at radius 2 is 1.97 bits per heavy atom. The molecule has 1 aliphatic heterocycles. The number of hydrogen-bond donors (Lipinski definition) is 2. The smallest absolute Gasteiger partial charge is 0.141 e. The molecular weight excluding hydrogens is 446 g/mol. The summed E-state index contributed by atoms with van der Waals surface area (Å²) in [7, 11) is 0. The average Bonchev–Trinajstić information content (AvgIpc) is 2.90. The van der Waals surface area contributed by atoms with Crippen molar-refractivity contribution in [1.82, 2.24) is 14.9 Å². The van der Waals surface area contributed by atoms with E-state index in [1.165, 1.54) is 6.42 Å². The van der Waals surface area contributed by atoms with Crippen LogP contribution in [0.1, 0.15) is 24.0 Å². The third kappa shape index (κ3) is 5.83. The predicted octanol–water partition coefficient (Wildman–Crippen LogP) is 5.50.